The van der Waals surface area contributed by atoms with Crippen LogP contribution in [0.3, 0.4) is 0 Å². The summed E-state index contributed by atoms with van der Waals surface area (Å²) in [5, 5.41) is 9.65. The van der Waals surface area contributed by atoms with E-state index in [1.807, 2.05) is 0 Å². The summed E-state index contributed by atoms with van der Waals surface area (Å²) in [7, 11) is 0. The number of carbonyl (C=O) groups excluding carboxylic acids is 1. The molecule has 1 aromatic rings. The van der Waals surface area contributed by atoms with Crippen LogP contribution in [0, 0.1) is 5.82 Å². The molecule has 70 valence electrons. The van der Waals surface area contributed by atoms with Gasteiger partial charge in [-0.05, 0) is 19.9 Å². The summed E-state index contributed by atoms with van der Waals surface area (Å²) in [5.41, 5.74) is -1.71. The number of ketones is 1. The van der Waals surface area contributed by atoms with E-state index < -0.39 is 17.2 Å². The summed E-state index contributed by atoms with van der Waals surface area (Å²) in [5.74, 6) is -1.04. The summed E-state index contributed by atoms with van der Waals surface area (Å²) in [6, 6.07) is 5.70. The van der Waals surface area contributed by atoms with Gasteiger partial charge in [0.2, 0.25) is 0 Å². The van der Waals surface area contributed by atoms with Crippen molar-refractivity contribution < 1.29 is 14.3 Å². The average molecular weight is 182 g/mol. The second-order valence-corrected chi connectivity index (χ2v) is 3.11. The van der Waals surface area contributed by atoms with Gasteiger partial charge in [0.25, 0.3) is 0 Å². The molecule has 0 radical (unpaired) electrons. The molecule has 13 heavy (non-hydrogen) atoms. The number of rotatable bonds is 2. The van der Waals surface area contributed by atoms with E-state index >= 15 is 0 Å². The minimum Gasteiger partial charge on any atom is -0.377 e. The molecule has 0 aliphatic carbocycles. The molecule has 1 aromatic carbocycles. The zero-order valence-electron chi connectivity index (χ0n) is 7.54. The van der Waals surface area contributed by atoms with Gasteiger partial charge in [-0.15, -0.1) is 0 Å². The Morgan fingerprint density at radius 1 is 1.46 bits per heavy atom. The second-order valence-electron chi connectivity index (χ2n) is 3.11. The highest BCUT2D eigenvalue weighted by Gasteiger charge is 2.31. The summed E-state index contributed by atoms with van der Waals surface area (Å²) in [6.45, 7) is 2.51. The fraction of sp³-hybridized carbons (Fsp3) is 0.300. The molecule has 0 amide bonds. The third-order valence-corrected chi connectivity index (χ3v) is 2.08. The Hall–Kier alpha value is -1.22. The summed E-state index contributed by atoms with van der Waals surface area (Å²) < 4.78 is 13.1. The highest BCUT2D eigenvalue weighted by molar-refractivity contribution is 5.85. The van der Waals surface area contributed by atoms with Gasteiger partial charge in [-0.2, -0.15) is 0 Å². The molecule has 0 saturated heterocycles. The molecule has 1 atom stereocenters. The van der Waals surface area contributed by atoms with E-state index in [9.17, 15) is 14.3 Å². The van der Waals surface area contributed by atoms with Crippen LogP contribution in [0.4, 0.5) is 4.39 Å². The Morgan fingerprint density at radius 3 is 2.46 bits per heavy atom. The molecule has 0 heterocycles. The Bertz CT molecular complexity index is 331. The van der Waals surface area contributed by atoms with Crippen molar-refractivity contribution in [2.45, 2.75) is 19.4 Å². The Labute approximate surface area is 76.0 Å². The van der Waals surface area contributed by atoms with Crippen LogP contribution < -0.4 is 0 Å². The predicted octanol–water partition coefficient (Wildman–Crippen LogP) is 1.62. The molecule has 1 N–H and O–H groups in total. The topological polar surface area (TPSA) is 37.3 Å². The molecule has 2 nitrogen and oxygen atoms in total. The number of benzene rings is 1. The van der Waals surface area contributed by atoms with Crippen LogP contribution >= 0.6 is 0 Å². The molecular formula is C10H11FO2. The van der Waals surface area contributed by atoms with Crippen molar-refractivity contribution >= 4 is 5.78 Å². The average Bonchev–Trinajstić information content (AvgIpc) is 2.04. The Kier molecular flexibility index (Phi) is 2.48. The first-order chi connectivity index (χ1) is 5.96. The van der Waals surface area contributed by atoms with Gasteiger partial charge in [-0.25, -0.2) is 4.39 Å². The molecule has 0 fully saturated rings. The Balaban J connectivity index is 3.22. The highest BCUT2D eigenvalue weighted by Crippen LogP contribution is 2.23. The van der Waals surface area contributed by atoms with Crippen LogP contribution in [0.2, 0.25) is 0 Å². The fourth-order valence-corrected chi connectivity index (χ4v) is 1.05. The van der Waals surface area contributed by atoms with Gasteiger partial charge >= 0.3 is 0 Å². The largest absolute Gasteiger partial charge is 0.377 e. The van der Waals surface area contributed by atoms with Crippen LogP contribution in [0.15, 0.2) is 24.3 Å². The van der Waals surface area contributed by atoms with Crippen molar-refractivity contribution in [2.75, 3.05) is 0 Å². The van der Waals surface area contributed by atoms with Crippen molar-refractivity contribution in [1.82, 2.24) is 0 Å². The maximum absolute atomic E-state index is 13.1. The van der Waals surface area contributed by atoms with Crippen LogP contribution in [0.5, 0.6) is 0 Å². The van der Waals surface area contributed by atoms with Crippen LogP contribution in [0.1, 0.15) is 19.4 Å². The monoisotopic (exact) mass is 182 g/mol. The van der Waals surface area contributed by atoms with Crippen LogP contribution in [-0.4, -0.2) is 10.9 Å². The molecule has 0 bridgehead atoms. The quantitative estimate of drug-likeness (QED) is 0.754. The van der Waals surface area contributed by atoms with Gasteiger partial charge in [0.1, 0.15) is 11.4 Å². The minimum atomic E-state index is -1.73. The zero-order valence-corrected chi connectivity index (χ0v) is 7.54. The van der Waals surface area contributed by atoms with E-state index in [-0.39, 0.29) is 5.56 Å². The molecule has 0 saturated carbocycles. The molecule has 3 heteroatoms. The van der Waals surface area contributed by atoms with Crippen LogP contribution in [-0.2, 0) is 10.4 Å². The lowest BCUT2D eigenvalue weighted by Crippen LogP contribution is -2.30. The maximum Gasteiger partial charge on any atom is 0.165 e. The summed E-state index contributed by atoms with van der Waals surface area (Å²) in [4.78, 5) is 11.0. The van der Waals surface area contributed by atoms with E-state index in [2.05, 4.69) is 0 Å². The lowest BCUT2D eigenvalue weighted by Gasteiger charge is -2.20. The summed E-state index contributed by atoms with van der Waals surface area (Å²) in [6.07, 6.45) is 0. The molecule has 1 unspecified atom stereocenters. The van der Waals surface area contributed by atoms with Gasteiger partial charge < -0.3 is 5.11 Å². The Morgan fingerprint density at radius 2 is 2.00 bits per heavy atom. The zero-order chi connectivity index (χ0) is 10.1. The first-order valence-corrected chi connectivity index (χ1v) is 3.94. The van der Waals surface area contributed by atoms with Gasteiger partial charge in [0, 0.05) is 5.56 Å². The molecule has 1 rings (SSSR count). The lowest BCUT2D eigenvalue weighted by atomic mass is 9.92. The maximum atomic E-state index is 13.1. The van der Waals surface area contributed by atoms with Crippen molar-refractivity contribution in [1.29, 1.82) is 0 Å². The summed E-state index contributed by atoms with van der Waals surface area (Å²) >= 11 is 0. The molecule has 0 aromatic heterocycles. The molecule has 0 aliphatic heterocycles. The second kappa shape index (κ2) is 3.26. The number of hydrogen-bond acceptors (Lipinski definition) is 2. The van der Waals surface area contributed by atoms with E-state index in [1.54, 1.807) is 6.07 Å². The van der Waals surface area contributed by atoms with Gasteiger partial charge in [-0.1, -0.05) is 18.2 Å². The van der Waals surface area contributed by atoms with E-state index in [1.165, 1.54) is 32.0 Å². The van der Waals surface area contributed by atoms with Gasteiger partial charge in [-0.3, -0.25) is 4.79 Å². The number of hydrogen-bond donors (Lipinski definition) is 1. The number of halogens is 1. The lowest BCUT2D eigenvalue weighted by molar-refractivity contribution is -0.134. The van der Waals surface area contributed by atoms with Crippen molar-refractivity contribution in [3.05, 3.63) is 35.6 Å². The standard InChI is InChI=1S/C10H11FO2/c1-7(12)10(2,13)8-5-3-4-6-9(8)11/h3-6,13H,1-2H3. The smallest absolute Gasteiger partial charge is 0.165 e. The van der Waals surface area contributed by atoms with E-state index in [0.29, 0.717) is 0 Å². The van der Waals surface area contributed by atoms with Crippen molar-refractivity contribution in [3.63, 3.8) is 0 Å². The molecular weight excluding hydrogens is 171 g/mol. The van der Waals surface area contributed by atoms with Gasteiger partial charge in [0.05, 0.1) is 0 Å². The van der Waals surface area contributed by atoms with Crippen molar-refractivity contribution in [3.8, 4) is 0 Å². The predicted molar refractivity (Wildman–Crippen MR) is 46.7 cm³/mol. The normalized spacial score (nSPS) is 15.1. The highest BCUT2D eigenvalue weighted by atomic mass is 19.1. The van der Waals surface area contributed by atoms with E-state index in [0.717, 1.165) is 0 Å². The first kappa shape index (κ1) is 9.86. The minimum absolute atomic E-state index is 0.0162. The van der Waals surface area contributed by atoms with Crippen LogP contribution in [0.25, 0.3) is 0 Å². The number of Topliss-reactive ketones (excluding diaryl/α,β-unsaturated/α-hetero) is 1. The fourth-order valence-electron chi connectivity index (χ4n) is 1.05. The first-order valence-electron chi connectivity index (χ1n) is 3.94. The van der Waals surface area contributed by atoms with Gasteiger partial charge in [0.15, 0.2) is 5.78 Å². The van der Waals surface area contributed by atoms with Crippen molar-refractivity contribution in [2.24, 2.45) is 0 Å². The molecule has 0 aliphatic rings. The molecule has 0 spiro atoms. The number of aliphatic hydroxyl groups is 1. The van der Waals surface area contributed by atoms with E-state index in [4.69, 9.17) is 0 Å². The number of carbonyl (C=O) groups is 1. The third-order valence-electron chi connectivity index (χ3n) is 2.08. The SMILES string of the molecule is CC(=O)C(C)(O)c1ccccc1F. The third kappa shape index (κ3) is 1.75.